The molecule has 0 spiro atoms. The predicted molar refractivity (Wildman–Crippen MR) is 111 cm³/mol. The minimum Gasteiger partial charge on any atom is -0.507 e. The van der Waals surface area contributed by atoms with Gasteiger partial charge in [0.2, 0.25) is 0 Å². The number of phenolic OH excluding ortho intramolecular Hbond substituents is 1. The summed E-state index contributed by atoms with van der Waals surface area (Å²) in [5, 5.41) is 21.0. The smallest absolute Gasteiger partial charge is 0.295 e. The summed E-state index contributed by atoms with van der Waals surface area (Å²) in [5.41, 5.74) is 1.02. The molecule has 2 aromatic carbocycles. The molecule has 1 aliphatic rings. The van der Waals surface area contributed by atoms with Gasteiger partial charge in [-0.05, 0) is 31.0 Å². The number of carbonyl (C=O) groups is 2. The molecule has 0 saturated carbocycles. The van der Waals surface area contributed by atoms with Crippen LogP contribution in [0.25, 0.3) is 5.76 Å². The zero-order chi connectivity index (χ0) is 21.7. The molecule has 2 N–H and O–H groups in total. The Morgan fingerprint density at radius 3 is 2.53 bits per heavy atom. The van der Waals surface area contributed by atoms with Crippen molar-refractivity contribution < 1.29 is 29.3 Å². The molecule has 0 radical (unpaired) electrons. The summed E-state index contributed by atoms with van der Waals surface area (Å²) in [6.07, 6.45) is 0.530. The van der Waals surface area contributed by atoms with Crippen LogP contribution in [0.4, 0.5) is 0 Å². The Morgan fingerprint density at radius 1 is 1.13 bits per heavy atom. The highest BCUT2D eigenvalue weighted by molar-refractivity contribution is 6.46. The average molecular weight is 411 g/mol. The molecule has 0 aromatic heterocycles. The quantitative estimate of drug-likeness (QED) is 0.300. The van der Waals surface area contributed by atoms with Crippen LogP contribution in [0.15, 0.2) is 54.1 Å². The standard InChI is InChI=1S/C23H25NO6/c1-3-30-18-14-16(10-11-17(18)25)20-19(21(26)15-8-5-4-6-9-15)22(27)23(28)24(20)12-7-13-29-2/h4-6,8-11,14,20,25-26H,3,7,12-13H2,1-2H3/b21-19+/t20-/m1/s1. The van der Waals surface area contributed by atoms with E-state index in [-0.39, 0.29) is 29.4 Å². The van der Waals surface area contributed by atoms with Crippen molar-refractivity contribution >= 4 is 17.4 Å². The van der Waals surface area contributed by atoms with Crippen molar-refractivity contribution in [2.24, 2.45) is 0 Å². The summed E-state index contributed by atoms with van der Waals surface area (Å²) in [6, 6.07) is 12.5. The van der Waals surface area contributed by atoms with E-state index in [0.29, 0.717) is 30.8 Å². The lowest BCUT2D eigenvalue weighted by molar-refractivity contribution is -0.140. The first-order chi connectivity index (χ1) is 14.5. The number of ether oxygens (including phenoxy) is 2. The lowest BCUT2D eigenvalue weighted by Crippen LogP contribution is -2.31. The Morgan fingerprint density at radius 2 is 1.87 bits per heavy atom. The number of methoxy groups -OCH3 is 1. The normalized spacial score (nSPS) is 18.1. The molecule has 0 aliphatic carbocycles. The number of hydrogen-bond donors (Lipinski definition) is 2. The molecular formula is C23H25NO6. The molecule has 7 heteroatoms. The second-order valence-corrected chi connectivity index (χ2v) is 6.87. The van der Waals surface area contributed by atoms with E-state index in [0.717, 1.165) is 0 Å². The number of aromatic hydroxyl groups is 1. The molecule has 158 valence electrons. The lowest BCUT2D eigenvalue weighted by atomic mass is 9.95. The van der Waals surface area contributed by atoms with Crippen molar-refractivity contribution in [3.8, 4) is 11.5 Å². The Bertz CT molecular complexity index is 953. The molecular weight excluding hydrogens is 386 g/mol. The van der Waals surface area contributed by atoms with Crippen LogP contribution in [0.3, 0.4) is 0 Å². The zero-order valence-electron chi connectivity index (χ0n) is 17.0. The molecule has 1 saturated heterocycles. The van der Waals surface area contributed by atoms with Gasteiger partial charge in [-0.1, -0.05) is 36.4 Å². The number of aliphatic hydroxyl groups excluding tert-OH is 1. The van der Waals surface area contributed by atoms with Crippen LogP contribution >= 0.6 is 0 Å². The van der Waals surface area contributed by atoms with E-state index >= 15 is 0 Å². The van der Waals surface area contributed by atoms with E-state index in [9.17, 15) is 19.8 Å². The number of hydrogen-bond acceptors (Lipinski definition) is 6. The van der Waals surface area contributed by atoms with Crippen molar-refractivity contribution in [3.05, 3.63) is 65.2 Å². The van der Waals surface area contributed by atoms with Gasteiger partial charge in [0.1, 0.15) is 5.76 Å². The van der Waals surface area contributed by atoms with Crippen LogP contribution in [0, 0.1) is 0 Å². The first-order valence-electron chi connectivity index (χ1n) is 9.78. The fraction of sp³-hybridized carbons (Fsp3) is 0.304. The van der Waals surface area contributed by atoms with Crippen LogP contribution in [0.1, 0.15) is 30.5 Å². The molecule has 0 bridgehead atoms. The second-order valence-electron chi connectivity index (χ2n) is 6.87. The zero-order valence-corrected chi connectivity index (χ0v) is 17.0. The molecule has 30 heavy (non-hydrogen) atoms. The average Bonchev–Trinajstić information content (AvgIpc) is 3.01. The number of likely N-dealkylation sites (tertiary alicyclic amines) is 1. The van der Waals surface area contributed by atoms with Gasteiger partial charge in [0.15, 0.2) is 11.5 Å². The SMILES string of the molecule is CCOc1cc([C@@H]2/C(=C(\O)c3ccccc3)C(=O)C(=O)N2CCCOC)ccc1O. The Hall–Kier alpha value is -3.32. The first kappa shape index (κ1) is 21.4. The number of nitrogens with zero attached hydrogens (tertiary/aromatic N) is 1. The third-order valence-electron chi connectivity index (χ3n) is 4.93. The minimum absolute atomic E-state index is 0.0109. The Kier molecular flexibility index (Phi) is 6.74. The van der Waals surface area contributed by atoms with Crippen LogP contribution in [0.5, 0.6) is 11.5 Å². The van der Waals surface area contributed by atoms with Gasteiger partial charge in [0.05, 0.1) is 18.2 Å². The third kappa shape index (κ3) is 4.16. The van der Waals surface area contributed by atoms with Gasteiger partial charge < -0.3 is 24.6 Å². The van der Waals surface area contributed by atoms with Crippen molar-refractivity contribution in [3.63, 3.8) is 0 Å². The monoisotopic (exact) mass is 411 g/mol. The van der Waals surface area contributed by atoms with E-state index in [1.54, 1.807) is 56.5 Å². The summed E-state index contributed by atoms with van der Waals surface area (Å²) in [7, 11) is 1.56. The van der Waals surface area contributed by atoms with Crippen molar-refractivity contribution in [1.29, 1.82) is 0 Å². The molecule has 1 heterocycles. The highest BCUT2D eigenvalue weighted by Crippen LogP contribution is 2.41. The number of aliphatic hydroxyl groups is 1. The summed E-state index contributed by atoms with van der Waals surface area (Å²) in [5.74, 6) is -1.46. The number of ketones is 1. The predicted octanol–water partition coefficient (Wildman–Crippen LogP) is 3.25. The number of amides is 1. The number of rotatable bonds is 8. The van der Waals surface area contributed by atoms with Crippen LogP contribution in [-0.2, 0) is 14.3 Å². The second kappa shape index (κ2) is 9.45. The fourth-order valence-electron chi connectivity index (χ4n) is 3.56. The maximum Gasteiger partial charge on any atom is 0.295 e. The molecule has 1 aliphatic heterocycles. The molecule has 0 unspecified atom stereocenters. The van der Waals surface area contributed by atoms with Crippen molar-refractivity contribution in [1.82, 2.24) is 4.90 Å². The molecule has 7 nitrogen and oxygen atoms in total. The van der Waals surface area contributed by atoms with E-state index in [2.05, 4.69) is 0 Å². The highest BCUT2D eigenvalue weighted by Gasteiger charge is 2.46. The van der Waals surface area contributed by atoms with Gasteiger partial charge in [-0.2, -0.15) is 0 Å². The van der Waals surface area contributed by atoms with Gasteiger partial charge in [0.25, 0.3) is 11.7 Å². The van der Waals surface area contributed by atoms with Gasteiger partial charge in [-0.25, -0.2) is 0 Å². The van der Waals surface area contributed by atoms with Gasteiger partial charge in [-0.3, -0.25) is 9.59 Å². The molecule has 2 aromatic rings. The topological polar surface area (TPSA) is 96.3 Å². The number of Topliss-reactive ketones (excluding diaryl/α,β-unsaturated/α-hetero) is 1. The molecule has 1 amide bonds. The molecule has 1 atom stereocenters. The number of carbonyl (C=O) groups excluding carboxylic acids is 2. The van der Waals surface area contributed by atoms with E-state index in [4.69, 9.17) is 9.47 Å². The van der Waals surface area contributed by atoms with Crippen LogP contribution in [-0.4, -0.2) is 53.7 Å². The maximum absolute atomic E-state index is 12.9. The maximum atomic E-state index is 12.9. The van der Waals surface area contributed by atoms with Crippen molar-refractivity contribution in [2.75, 3.05) is 26.9 Å². The number of benzene rings is 2. The fourth-order valence-corrected chi connectivity index (χ4v) is 3.56. The minimum atomic E-state index is -0.804. The molecule has 3 rings (SSSR count). The van der Waals surface area contributed by atoms with E-state index < -0.39 is 17.7 Å². The number of phenols is 1. The summed E-state index contributed by atoms with van der Waals surface area (Å²) in [4.78, 5) is 27.1. The lowest BCUT2D eigenvalue weighted by Gasteiger charge is -2.25. The largest absolute Gasteiger partial charge is 0.507 e. The van der Waals surface area contributed by atoms with E-state index in [1.165, 1.54) is 11.0 Å². The Balaban J connectivity index is 2.14. The third-order valence-corrected chi connectivity index (χ3v) is 4.93. The summed E-state index contributed by atoms with van der Waals surface area (Å²) in [6.45, 7) is 2.83. The highest BCUT2D eigenvalue weighted by atomic mass is 16.5. The van der Waals surface area contributed by atoms with E-state index in [1.807, 2.05) is 0 Å². The van der Waals surface area contributed by atoms with Gasteiger partial charge in [0, 0.05) is 25.8 Å². The van der Waals surface area contributed by atoms with Crippen LogP contribution in [0.2, 0.25) is 0 Å². The van der Waals surface area contributed by atoms with Crippen LogP contribution < -0.4 is 4.74 Å². The first-order valence-corrected chi connectivity index (χ1v) is 9.78. The van der Waals surface area contributed by atoms with Gasteiger partial charge in [-0.15, -0.1) is 0 Å². The Labute approximate surface area is 175 Å². The van der Waals surface area contributed by atoms with Crippen molar-refractivity contribution in [2.45, 2.75) is 19.4 Å². The van der Waals surface area contributed by atoms with Gasteiger partial charge >= 0.3 is 0 Å². The summed E-state index contributed by atoms with van der Waals surface area (Å²) < 4.78 is 10.5. The molecule has 1 fully saturated rings. The summed E-state index contributed by atoms with van der Waals surface area (Å²) >= 11 is 0.